The Balaban J connectivity index is -0.00000000667. The van der Waals surface area contributed by atoms with Gasteiger partial charge >= 0.3 is 0 Å². The summed E-state index contributed by atoms with van der Waals surface area (Å²) in [6.07, 6.45) is 0. The van der Waals surface area contributed by atoms with E-state index in [-0.39, 0.29) is 16.4 Å². The molecule has 0 aromatic carbocycles. The number of hydrogen-bond donors (Lipinski definition) is 0. The fraction of sp³-hybridized carbons (Fsp3) is 0. The van der Waals surface area contributed by atoms with Crippen molar-refractivity contribution in [1.82, 2.24) is 4.97 Å². The van der Waals surface area contributed by atoms with Crippen LogP contribution in [0.25, 0.3) is 5.53 Å². The van der Waals surface area contributed by atoms with Gasteiger partial charge in [0.2, 0.25) is 0 Å². The van der Waals surface area contributed by atoms with Gasteiger partial charge in [-0.1, -0.05) is 0 Å². The molecule has 0 amide bonds. The summed E-state index contributed by atoms with van der Waals surface area (Å²) < 4.78 is 0. The SMILES string of the molecule is O.O.O.[N-]=[N+]=O. The maximum atomic E-state index is 8.11. The largest absolute Gasteiger partial charge is 0.412 e. The molecule has 0 aliphatic carbocycles. The van der Waals surface area contributed by atoms with Crippen LogP contribution in [0, 0.1) is 4.91 Å². The Morgan fingerprint density at radius 1 is 1.17 bits per heavy atom. The molecule has 0 spiro atoms. The lowest BCUT2D eigenvalue weighted by atomic mass is 13.2. The molecular formula is H6N2O4. The van der Waals surface area contributed by atoms with E-state index in [4.69, 9.17) is 10.4 Å². The standard InChI is InChI=1S/N2O.3H2O/c1-2-3;;;/h;3*1H2. The Morgan fingerprint density at radius 3 is 1.17 bits per heavy atom. The lowest BCUT2D eigenvalue weighted by molar-refractivity contribution is 0.823. The van der Waals surface area contributed by atoms with Crippen LogP contribution in [0.1, 0.15) is 0 Å². The Labute approximate surface area is 33.2 Å². The van der Waals surface area contributed by atoms with Gasteiger partial charge in [0.25, 0.3) is 0 Å². The molecule has 6 heteroatoms. The zero-order valence-corrected chi connectivity index (χ0v) is 2.80. The number of rotatable bonds is 0. The zero-order chi connectivity index (χ0) is 2.71. The summed E-state index contributed by atoms with van der Waals surface area (Å²) in [5.41, 5.74) is 6.64. The van der Waals surface area contributed by atoms with Gasteiger partial charge in [-0.3, -0.25) is 5.53 Å². The molecule has 6 nitrogen and oxygen atoms in total. The van der Waals surface area contributed by atoms with Gasteiger partial charge in [-0.15, -0.1) is 0 Å². The summed E-state index contributed by atoms with van der Waals surface area (Å²) in [6, 6.07) is 0. The molecule has 6 N–H and O–H groups in total. The van der Waals surface area contributed by atoms with E-state index in [0.29, 0.717) is 0 Å². The maximum absolute atomic E-state index is 8.11. The van der Waals surface area contributed by atoms with E-state index in [9.17, 15) is 0 Å². The van der Waals surface area contributed by atoms with Crippen molar-refractivity contribution < 1.29 is 16.4 Å². The van der Waals surface area contributed by atoms with E-state index >= 15 is 0 Å². The second-order valence-electron chi connectivity index (χ2n) is 0.0816. The summed E-state index contributed by atoms with van der Waals surface area (Å²) in [7, 11) is 0. The van der Waals surface area contributed by atoms with Gasteiger partial charge in [-0.2, -0.15) is 0 Å². The van der Waals surface area contributed by atoms with Crippen molar-refractivity contribution in [3.05, 3.63) is 10.4 Å². The minimum atomic E-state index is 0. The molecule has 0 atom stereocenters. The molecule has 0 rings (SSSR count). The molecule has 0 saturated carbocycles. The van der Waals surface area contributed by atoms with Gasteiger partial charge < -0.3 is 16.4 Å². The van der Waals surface area contributed by atoms with Crippen molar-refractivity contribution >= 4 is 0 Å². The first-order valence-electron chi connectivity index (χ1n) is 0.383. The lowest BCUT2D eigenvalue weighted by Crippen LogP contribution is -1.21. The third kappa shape index (κ3) is 23.3. The van der Waals surface area contributed by atoms with E-state index in [1.54, 1.807) is 0 Å². The summed E-state index contributed by atoms with van der Waals surface area (Å²) in [5, 5.41) is 0. The van der Waals surface area contributed by atoms with Crippen molar-refractivity contribution in [2.45, 2.75) is 0 Å². The van der Waals surface area contributed by atoms with Crippen molar-refractivity contribution in [2.24, 2.45) is 0 Å². The number of hydrogen-bond acceptors (Lipinski definition) is 1. The predicted octanol–water partition coefficient (Wildman–Crippen LogP) is -2.63. The van der Waals surface area contributed by atoms with Crippen molar-refractivity contribution in [1.29, 1.82) is 0 Å². The highest BCUT2D eigenvalue weighted by atomic mass is 16.2. The Hall–Kier alpha value is -0.810. The Morgan fingerprint density at radius 2 is 1.17 bits per heavy atom. The van der Waals surface area contributed by atoms with Crippen LogP contribution in [0.15, 0.2) is 0 Å². The molecule has 0 aliphatic heterocycles. The number of nitroso groups, excluding NO2 is 1. The quantitative estimate of drug-likeness (QED) is 0.236. The van der Waals surface area contributed by atoms with E-state index in [1.165, 1.54) is 4.97 Å². The third-order valence-electron chi connectivity index (χ3n) is 0. The molecule has 0 bridgehead atoms. The molecular weight excluding hydrogens is 92.0 g/mol. The first kappa shape index (κ1) is 64.3. The van der Waals surface area contributed by atoms with Crippen molar-refractivity contribution in [3.8, 4) is 0 Å². The van der Waals surface area contributed by atoms with E-state index in [1.807, 2.05) is 0 Å². The van der Waals surface area contributed by atoms with Gasteiger partial charge in [-0.05, 0) is 0 Å². The average molecular weight is 98.1 g/mol. The lowest BCUT2D eigenvalue weighted by Gasteiger charge is -0.999. The van der Waals surface area contributed by atoms with Crippen LogP contribution in [0.5, 0.6) is 0 Å². The first-order valence-corrected chi connectivity index (χ1v) is 0.383. The van der Waals surface area contributed by atoms with Gasteiger partial charge in [0.15, 0.2) is 4.91 Å². The number of nitrogens with zero attached hydrogens (tertiary/aromatic N) is 2. The Kier molecular flexibility index (Phi) is 12700. The topological polar surface area (TPSA) is 148 Å². The van der Waals surface area contributed by atoms with Crippen LogP contribution in [0.3, 0.4) is 0 Å². The molecule has 0 unspecified atom stereocenters. The zero-order valence-electron chi connectivity index (χ0n) is 2.80. The molecule has 40 valence electrons. The van der Waals surface area contributed by atoms with Crippen LogP contribution >= 0.6 is 0 Å². The smallest absolute Gasteiger partial charge is 0.151 e. The highest BCUT2D eigenvalue weighted by molar-refractivity contribution is 3.92. The Bertz CT molecular complexity index is 26.5. The van der Waals surface area contributed by atoms with Crippen LogP contribution < -0.4 is 4.97 Å². The third-order valence-corrected chi connectivity index (χ3v) is 0. The second kappa shape index (κ2) is 1180. The van der Waals surface area contributed by atoms with Crippen molar-refractivity contribution in [3.63, 3.8) is 0 Å². The highest BCUT2D eigenvalue weighted by Crippen LogP contribution is 0.905. The molecule has 0 radical (unpaired) electrons. The predicted molar refractivity (Wildman–Crippen MR) is 19.7 cm³/mol. The summed E-state index contributed by atoms with van der Waals surface area (Å²) in [5.74, 6) is 0. The van der Waals surface area contributed by atoms with E-state index in [2.05, 4.69) is 0 Å². The van der Waals surface area contributed by atoms with Crippen LogP contribution in [-0.4, -0.2) is 16.4 Å². The fourth-order valence-corrected chi connectivity index (χ4v) is 0. The van der Waals surface area contributed by atoms with Gasteiger partial charge in [0, 0.05) is 0 Å². The summed E-state index contributed by atoms with van der Waals surface area (Å²) in [6.45, 7) is 0. The maximum Gasteiger partial charge on any atom is 0.151 e. The first-order chi connectivity index (χ1) is 1.41. The highest BCUT2D eigenvalue weighted by Gasteiger charge is 1.06. The minimum absolute atomic E-state index is 0. The van der Waals surface area contributed by atoms with Gasteiger partial charge in [0.05, 0.1) is 0 Å². The molecule has 0 heterocycles. The summed E-state index contributed by atoms with van der Waals surface area (Å²) in [4.78, 5) is 9.36. The molecule has 6 heavy (non-hydrogen) atoms. The van der Waals surface area contributed by atoms with E-state index < -0.39 is 0 Å². The van der Waals surface area contributed by atoms with Crippen LogP contribution in [-0.2, 0) is 0 Å². The minimum Gasteiger partial charge on any atom is -0.412 e. The normalized spacial score (nSPS) is 1.33. The van der Waals surface area contributed by atoms with Gasteiger partial charge in [0.1, 0.15) is 4.97 Å². The average Bonchev–Trinajstić information content (AvgIpc) is 0.918. The monoisotopic (exact) mass is 98.0 g/mol. The van der Waals surface area contributed by atoms with Crippen molar-refractivity contribution in [2.75, 3.05) is 0 Å². The molecule has 0 saturated heterocycles. The molecule has 0 aromatic rings. The van der Waals surface area contributed by atoms with Gasteiger partial charge in [-0.25, -0.2) is 0 Å². The van der Waals surface area contributed by atoms with Crippen LogP contribution in [0.4, 0.5) is 0 Å². The second-order valence-corrected chi connectivity index (χ2v) is 0.0816. The summed E-state index contributed by atoms with van der Waals surface area (Å²) >= 11 is 0. The molecule has 0 fully saturated rings. The molecule has 0 aromatic heterocycles. The van der Waals surface area contributed by atoms with Crippen LogP contribution in [0.2, 0.25) is 0 Å². The molecule has 0 aliphatic rings. The van der Waals surface area contributed by atoms with E-state index in [0.717, 1.165) is 0 Å². The fourth-order valence-electron chi connectivity index (χ4n) is 0.